The number of pyridine rings is 1. The van der Waals surface area contributed by atoms with Crippen LogP contribution < -0.4 is 27.1 Å². The number of halogens is 1. The van der Waals surface area contributed by atoms with Gasteiger partial charge in [0.1, 0.15) is 11.7 Å². The Kier molecular flexibility index (Phi) is 8.51. The molecular weight excluding hydrogens is 583 g/mol. The molecular formula is C23H25IN6O4S. The molecule has 1 amide bonds. The SMILES string of the molecule is CC(C(=O)NCc1ccc(N=C(N)N)cc1)n1cccc(NS(=O)(=O)Cc2cccc(I)c2)c1=O. The lowest BCUT2D eigenvalue weighted by Gasteiger charge is -2.17. The van der Waals surface area contributed by atoms with Gasteiger partial charge >= 0.3 is 0 Å². The molecule has 0 aliphatic rings. The van der Waals surface area contributed by atoms with E-state index in [-0.39, 0.29) is 23.9 Å². The van der Waals surface area contributed by atoms with E-state index in [0.717, 1.165) is 9.13 Å². The molecule has 12 heteroatoms. The van der Waals surface area contributed by atoms with Crippen molar-refractivity contribution in [1.29, 1.82) is 0 Å². The highest BCUT2D eigenvalue weighted by atomic mass is 127. The number of nitrogens with two attached hydrogens (primary N) is 2. The van der Waals surface area contributed by atoms with Crippen molar-refractivity contribution < 1.29 is 13.2 Å². The Morgan fingerprint density at radius 1 is 1.09 bits per heavy atom. The van der Waals surface area contributed by atoms with E-state index in [9.17, 15) is 18.0 Å². The van der Waals surface area contributed by atoms with Gasteiger partial charge in [0.2, 0.25) is 15.9 Å². The summed E-state index contributed by atoms with van der Waals surface area (Å²) in [6, 6.07) is 16.0. The van der Waals surface area contributed by atoms with E-state index >= 15 is 0 Å². The number of anilines is 1. The van der Waals surface area contributed by atoms with Gasteiger partial charge in [0.25, 0.3) is 5.56 Å². The van der Waals surface area contributed by atoms with Crippen LogP contribution in [0.15, 0.2) is 76.6 Å². The van der Waals surface area contributed by atoms with Gasteiger partial charge in [0.05, 0.1) is 11.4 Å². The first-order chi connectivity index (χ1) is 16.5. The molecule has 0 spiro atoms. The van der Waals surface area contributed by atoms with Crippen molar-refractivity contribution in [2.24, 2.45) is 16.5 Å². The number of hydrogen-bond donors (Lipinski definition) is 4. The van der Waals surface area contributed by atoms with Crippen LogP contribution in [0, 0.1) is 3.57 Å². The second-order valence-electron chi connectivity index (χ2n) is 7.72. The van der Waals surface area contributed by atoms with Crippen LogP contribution in [0.2, 0.25) is 0 Å². The average Bonchev–Trinajstić information content (AvgIpc) is 2.78. The average molecular weight is 608 g/mol. The number of aliphatic imine (C=N–C) groups is 1. The van der Waals surface area contributed by atoms with E-state index in [1.54, 1.807) is 49.4 Å². The second kappa shape index (κ2) is 11.4. The van der Waals surface area contributed by atoms with E-state index in [1.165, 1.54) is 22.9 Å². The maximum atomic E-state index is 12.9. The summed E-state index contributed by atoms with van der Waals surface area (Å²) in [4.78, 5) is 29.5. The normalized spacial score (nSPS) is 11.9. The molecule has 1 heterocycles. The highest BCUT2D eigenvalue weighted by Gasteiger charge is 2.19. The minimum Gasteiger partial charge on any atom is -0.370 e. The molecule has 0 bridgehead atoms. The highest BCUT2D eigenvalue weighted by molar-refractivity contribution is 14.1. The van der Waals surface area contributed by atoms with E-state index in [0.29, 0.717) is 11.3 Å². The number of amides is 1. The van der Waals surface area contributed by atoms with Gasteiger partial charge in [0.15, 0.2) is 5.96 Å². The zero-order valence-electron chi connectivity index (χ0n) is 18.8. The number of aromatic nitrogens is 1. The molecule has 0 aliphatic heterocycles. The van der Waals surface area contributed by atoms with Crippen LogP contribution >= 0.6 is 22.6 Å². The van der Waals surface area contributed by atoms with Crippen molar-refractivity contribution in [3.63, 3.8) is 0 Å². The highest BCUT2D eigenvalue weighted by Crippen LogP contribution is 2.15. The summed E-state index contributed by atoms with van der Waals surface area (Å²) in [5.74, 6) is -0.736. The zero-order chi connectivity index (χ0) is 25.6. The summed E-state index contributed by atoms with van der Waals surface area (Å²) in [7, 11) is -3.84. The van der Waals surface area contributed by atoms with E-state index in [4.69, 9.17) is 11.5 Å². The van der Waals surface area contributed by atoms with Crippen LogP contribution in [0.3, 0.4) is 0 Å². The third kappa shape index (κ3) is 7.55. The first-order valence-corrected chi connectivity index (χ1v) is 13.2. The Bertz CT molecular complexity index is 1400. The van der Waals surface area contributed by atoms with Crippen LogP contribution in [0.4, 0.5) is 11.4 Å². The van der Waals surface area contributed by atoms with Crippen molar-refractivity contribution in [3.8, 4) is 0 Å². The molecule has 0 aliphatic carbocycles. The topological polar surface area (TPSA) is 162 Å². The molecule has 10 nitrogen and oxygen atoms in total. The molecule has 1 aromatic heterocycles. The number of nitrogens with one attached hydrogen (secondary N) is 2. The summed E-state index contributed by atoms with van der Waals surface area (Å²) < 4.78 is 29.7. The van der Waals surface area contributed by atoms with Gasteiger partial charge in [-0.3, -0.25) is 14.3 Å². The molecule has 2 aromatic carbocycles. The van der Waals surface area contributed by atoms with Gasteiger partial charge in [-0.15, -0.1) is 0 Å². The van der Waals surface area contributed by atoms with Crippen molar-refractivity contribution in [3.05, 3.63) is 91.9 Å². The number of nitrogens with zero attached hydrogens (tertiary/aromatic N) is 2. The third-order valence-corrected chi connectivity index (χ3v) is 6.86. The first kappa shape index (κ1) is 26.2. The van der Waals surface area contributed by atoms with E-state index < -0.39 is 27.5 Å². The number of guanidine groups is 1. The van der Waals surface area contributed by atoms with Crippen LogP contribution in [0.5, 0.6) is 0 Å². The molecule has 0 saturated carbocycles. The van der Waals surface area contributed by atoms with E-state index in [2.05, 4.69) is 37.6 Å². The van der Waals surface area contributed by atoms with Gasteiger partial charge < -0.3 is 21.4 Å². The molecule has 6 N–H and O–H groups in total. The molecule has 3 rings (SSSR count). The number of carbonyl (C=O) groups is 1. The fourth-order valence-electron chi connectivity index (χ4n) is 3.24. The lowest BCUT2D eigenvalue weighted by atomic mass is 10.2. The lowest BCUT2D eigenvalue weighted by Crippen LogP contribution is -2.36. The fourth-order valence-corrected chi connectivity index (χ4v) is 5.03. The number of benzene rings is 2. The number of rotatable bonds is 9. The Labute approximate surface area is 216 Å². The van der Waals surface area contributed by atoms with Crippen molar-refractivity contribution in [2.75, 3.05) is 4.72 Å². The first-order valence-electron chi connectivity index (χ1n) is 10.5. The third-order valence-electron chi connectivity index (χ3n) is 4.94. The largest absolute Gasteiger partial charge is 0.370 e. The summed E-state index contributed by atoms with van der Waals surface area (Å²) in [5, 5.41) is 2.77. The van der Waals surface area contributed by atoms with Gasteiger partial charge in [-0.05, 0) is 77.0 Å². The molecule has 0 radical (unpaired) electrons. The predicted molar refractivity (Wildman–Crippen MR) is 145 cm³/mol. The maximum Gasteiger partial charge on any atom is 0.275 e. The second-order valence-corrected chi connectivity index (χ2v) is 10.7. The Balaban J connectivity index is 1.68. The van der Waals surface area contributed by atoms with Gasteiger partial charge in [-0.2, -0.15) is 0 Å². The lowest BCUT2D eigenvalue weighted by molar-refractivity contribution is -0.124. The number of hydrogen-bond acceptors (Lipinski definition) is 5. The Morgan fingerprint density at radius 3 is 2.46 bits per heavy atom. The Morgan fingerprint density at radius 2 is 1.80 bits per heavy atom. The van der Waals surface area contributed by atoms with Crippen molar-refractivity contribution in [2.45, 2.75) is 25.3 Å². The van der Waals surface area contributed by atoms with Crippen molar-refractivity contribution in [1.82, 2.24) is 9.88 Å². The number of sulfonamides is 1. The molecule has 3 aromatic rings. The molecule has 35 heavy (non-hydrogen) atoms. The Hall–Kier alpha value is -3.39. The minimum absolute atomic E-state index is 0.0512. The smallest absolute Gasteiger partial charge is 0.275 e. The van der Waals surface area contributed by atoms with Crippen LogP contribution in [0.25, 0.3) is 0 Å². The predicted octanol–water partition coefficient (Wildman–Crippen LogP) is 2.18. The molecule has 184 valence electrons. The van der Waals surface area contributed by atoms with Gasteiger partial charge in [-0.1, -0.05) is 24.3 Å². The summed E-state index contributed by atoms with van der Waals surface area (Å²) in [5.41, 5.74) is 11.9. The maximum absolute atomic E-state index is 12.9. The summed E-state index contributed by atoms with van der Waals surface area (Å²) in [6.07, 6.45) is 1.44. The van der Waals surface area contributed by atoms with Crippen molar-refractivity contribution >= 4 is 55.9 Å². The fraction of sp³-hybridized carbons (Fsp3) is 0.174. The summed E-state index contributed by atoms with van der Waals surface area (Å²) >= 11 is 2.10. The molecule has 1 unspecified atom stereocenters. The van der Waals surface area contributed by atoms with Gasteiger partial charge in [0, 0.05) is 16.3 Å². The zero-order valence-corrected chi connectivity index (χ0v) is 21.8. The van der Waals surface area contributed by atoms with Crippen LogP contribution in [-0.4, -0.2) is 24.9 Å². The molecule has 1 atom stereocenters. The standard InChI is InChI=1S/C23H25IN6O4S/c1-15(21(31)27-13-16-7-9-19(10-8-16)28-23(25)26)30-11-3-6-20(22(30)32)29-35(33,34)14-17-4-2-5-18(24)12-17/h2-12,15,29H,13-14H2,1H3,(H,27,31)(H4,25,26,28). The number of carbonyl (C=O) groups excluding carboxylic acids is 1. The molecule has 0 fully saturated rings. The van der Waals surface area contributed by atoms with Crippen LogP contribution in [-0.2, 0) is 27.1 Å². The minimum atomic E-state index is -3.84. The molecule has 0 saturated heterocycles. The quantitative estimate of drug-likeness (QED) is 0.165. The van der Waals surface area contributed by atoms with Gasteiger partial charge in [-0.25, -0.2) is 13.4 Å². The van der Waals surface area contributed by atoms with Crippen LogP contribution in [0.1, 0.15) is 24.1 Å². The van der Waals surface area contributed by atoms with E-state index in [1.807, 2.05) is 6.07 Å². The monoisotopic (exact) mass is 608 g/mol. The summed E-state index contributed by atoms with van der Waals surface area (Å²) in [6.45, 7) is 1.78.